The molecule has 0 saturated heterocycles. The first kappa shape index (κ1) is 29.3. The van der Waals surface area contributed by atoms with Crippen LogP contribution in [0.5, 0.6) is 0 Å². The summed E-state index contributed by atoms with van der Waals surface area (Å²) < 4.78 is 87.7. The van der Waals surface area contributed by atoms with Crippen LogP contribution in [0.25, 0.3) is 4.85 Å². The van der Waals surface area contributed by atoms with Crippen LogP contribution in [-0.4, -0.2) is 27.3 Å². The molecule has 4 rings (SSSR count). The molecule has 1 aliphatic carbocycles. The molecule has 1 saturated carbocycles. The maximum atomic E-state index is 13.8. The third-order valence-corrected chi connectivity index (χ3v) is 7.06. The van der Waals surface area contributed by atoms with E-state index in [1.165, 1.54) is 31.2 Å². The Labute approximate surface area is 227 Å². The van der Waals surface area contributed by atoms with Crippen LogP contribution in [0.15, 0.2) is 36.4 Å². The van der Waals surface area contributed by atoms with Gasteiger partial charge in [0.2, 0.25) is 0 Å². The fraction of sp³-hybridized carbons (Fsp3) is 0.481. The van der Waals surface area contributed by atoms with E-state index in [9.17, 15) is 26.3 Å². The second-order valence-electron chi connectivity index (χ2n) is 9.90. The van der Waals surface area contributed by atoms with Crippen molar-refractivity contribution < 1.29 is 31.1 Å². The van der Waals surface area contributed by atoms with Gasteiger partial charge in [-0.05, 0) is 64.9 Å². The number of nitrogens with zero attached hydrogens (tertiary/aromatic N) is 6. The highest BCUT2D eigenvalue weighted by Gasteiger charge is 2.34. The van der Waals surface area contributed by atoms with Crippen molar-refractivity contribution in [2.24, 2.45) is 13.0 Å². The minimum Gasteiger partial charge on any atom is -0.376 e. The van der Waals surface area contributed by atoms with Crippen LogP contribution in [-0.2, 0) is 37.2 Å². The standard InChI is InChI=1S/C27H28F6N6O/c1-34-22-12-17(11-21(14-22)27(31,32)33)15-39(25-35-37-38(2)36-25)16-19-13-20(26(28,29)30)9-10-23(19)24(40-3)18-7-5-4-6-8-18/h9-14,18,24H,4-8,15-16H2,2-3H3. The molecule has 1 atom stereocenters. The second kappa shape index (κ2) is 11.8. The molecule has 13 heteroatoms. The summed E-state index contributed by atoms with van der Waals surface area (Å²) in [6, 6.07) is 6.45. The van der Waals surface area contributed by atoms with E-state index in [1.807, 2.05) is 0 Å². The second-order valence-corrected chi connectivity index (χ2v) is 9.90. The quantitative estimate of drug-likeness (QED) is 0.212. The largest absolute Gasteiger partial charge is 0.416 e. The predicted octanol–water partition coefficient (Wildman–Crippen LogP) is 7.27. The summed E-state index contributed by atoms with van der Waals surface area (Å²) in [7, 11) is 3.02. The monoisotopic (exact) mass is 566 g/mol. The van der Waals surface area contributed by atoms with E-state index in [-0.39, 0.29) is 41.8 Å². The number of hydrogen-bond donors (Lipinski definition) is 0. The normalized spacial score (nSPS) is 15.6. The van der Waals surface area contributed by atoms with Crippen LogP contribution < -0.4 is 4.90 Å². The van der Waals surface area contributed by atoms with Gasteiger partial charge in [-0.1, -0.05) is 36.5 Å². The molecule has 0 aliphatic heterocycles. The average Bonchev–Trinajstić information content (AvgIpc) is 3.35. The Morgan fingerprint density at radius 2 is 1.70 bits per heavy atom. The number of tetrazole rings is 1. The van der Waals surface area contributed by atoms with E-state index in [2.05, 4.69) is 20.3 Å². The molecule has 7 nitrogen and oxygen atoms in total. The van der Waals surface area contributed by atoms with Crippen molar-refractivity contribution in [2.45, 2.75) is 63.7 Å². The Bertz CT molecular complexity index is 1360. The number of halogens is 6. The minimum absolute atomic E-state index is 0.0132. The Morgan fingerprint density at radius 3 is 2.27 bits per heavy atom. The number of methoxy groups -OCH3 is 1. The van der Waals surface area contributed by atoms with Crippen molar-refractivity contribution >= 4 is 11.6 Å². The first-order chi connectivity index (χ1) is 18.9. The van der Waals surface area contributed by atoms with Gasteiger partial charge in [0.05, 0.1) is 25.3 Å². The van der Waals surface area contributed by atoms with Crippen molar-refractivity contribution in [3.05, 3.63) is 75.6 Å². The highest BCUT2D eigenvalue weighted by atomic mass is 19.4. The van der Waals surface area contributed by atoms with Crippen LogP contribution in [0.4, 0.5) is 38.0 Å². The zero-order valence-electron chi connectivity index (χ0n) is 21.9. The van der Waals surface area contributed by atoms with Crippen LogP contribution in [0.3, 0.4) is 0 Å². The van der Waals surface area contributed by atoms with Crippen molar-refractivity contribution in [1.82, 2.24) is 20.2 Å². The molecule has 214 valence electrons. The predicted molar refractivity (Wildman–Crippen MR) is 134 cm³/mol. The maximum Gasteiger partial charge on any atom is 0.416 e. The fourth-order valence-electron chi connectivity index (χ4n) is 5.22. The number of aryl methyl sites for hydroxylation is 1. The summed E-state index contributed by atoms with van der Waals surface area (Å²) in [5.41, 5.74) is -1.09. The van der Waals surface area contributed by atoms with Crippen molar-refractivity contribution in [1.29, 1.82) is 0 Å². The molecule has 1 aliphatic rings. The summed E-state index contributed by atoms with van der Waals surface area (Å²) in [6.45, 7) is 6.85. The van der Waals surface area contributed by atoms with Crippen LogP contribution in [0, 0.1) is 12.5 Å². The number of benzene rings is 2. The fourth-order valence-corrected chi connectivity index (χ4v) is 5.22. The van der Waals surface area contributed by atoms with E-state index < -0.39 is 29.6 Å². The van der Waals surface area contributed by atoms with Gasteiger partial charge in [0.25, 0.3) is 5.95 Å². The number of anilines is 1. The molecule has 0 radical (unpaired) electrons. The van der Waals surface area contributed by atoms with Gasteiger partial charge in [-0.25, -0.2) is 4.85 Å². The van der Waals surface area contributed by atoms with Crippen LogP contribution >= 0.6 is 0 Å². The minimum atomic E-state index is -4.69. The summed E-state index contributed by atoms with van der Waals surface area (Å²) in [5.74, 6) is 0.126. The van der Waals surface area contributed by atoms with Gasteiger partial charge in [-0.3, -0.25) is 0 Å². The van der Waals surface area contributed by atoms with E-state index in [4.69, 9.17) is 11.3 Å². The summed E-state index contributed by atoms with van der Waals surface area (Å²) in [4.78, 5) is 5.75. The van der Waals surface area contributed by atoms with Crippen molar-refractivity contribution in [2.75, 3.05) is 12.0 Å². The lowest BCUT2D eigenvalue weighted by molar-refractivity contribution is -0.138. The molecule has 2 aromatic carbocycles. The Balaban J connectivity index is 1.79. The molecular formula is C27H28F6N6O. The number of hydrogen-bond acceptors (Lipinski definition) is 5. The van der Waals surface area contributed by atoms with Crippen molar-refractivity contribution in [3.8, 4) is 0 Å². The molecule has 1 unspecified atom stereocenters. The van der Waals surface area contributed by atoms with Gasteiger partial charge in [0.1, 0.15) is 0 Å². The lowest BCUT2D eigenvalue weighted by atomic mass is 9.81. The average molecular weight is 567 g/mol. The summed E-state index contributed by atoms with van der Waals surface area (Å²) >= 11 is 0. The highest BCUT2D eigenvalue weighted by molar-refractivity contribution is 5.51. The molecule has 0 N–H and O–H groups in total. The lowest BCUT2D eigenvalue weighted by Crippen LogP contribution is -2.27. The van der Waals surface area contributed by atoms with Gasteiger partial charge in [0.15, 0.2) is 5.69 Å². The Hall–Kier alpha value is -3.66. The molecule has 0 bridgehead atoms. The molecule has 0 spiro atoms. The van der Waals surface area contributed by atoms with Crippen LogP contribution in [0.2, 0.25) is 0 Å². The lowest BCUT2D eigenvalue weighted by Gasteiger charge is -2.32. The topological polar surface area (TPSA) is 60.4 Å². The van der Waals surface area contributed by atoms with E-state index in [0.29, 0.717) is 5.56 Å². The highest BCUT2D eigenvalue weighted by Crippen LogP contribution is 2.40. The molecular weight excluding hydrogens is 538 g/mol. The molecule has 0 amide bonds. The molecule has 1 fully saturated rings. The van der Waals surface area contributed by atoms with E-state index >= 15 is 0 Å². The number of aromatic nitrogens is 4. The molecule has 3 aromatic rings. The van der Waals surface area contributed by atoms with Crippen molar-refractivity contribution in [3.63, 3.8) is 0 Å². The number of rotatable bonds is 8. The summed E-state index contributed by atoms with van der Waals surface area (Å²) in [6.07, 6.45) is -4.94. The van der Waals surface area contributed by atoms with E-state index in [0.717, 1.165) is 61.2 Å². The van der Waals surface area contributed by atoms with Gasteiger partial charge in [-0.15, -0.1) is 5.10 Å². The number of alkyl halides is 6. The first-order valence-corrected chi connectivity index (χ1v) is 12.7. The van der Waals surface area contributed by atoms with Gasteiger partial charge in [0, 0.05) is 25.8 Å². The third-order valence-electron chi connectivity index (χ3n) is 7.06. The van der Waals surface area contributed by atoms with Crippen LogP contribution in [0.1, 0.15) is 66.0 Å². The van der Waals surface area contributed by atoms with Gasteiger partial charge in [-0.2, -0.15) is 31.1 Å². The Morgan fingerprint density at radius 1 is 1.00 bits per heavy atom. The molecule has 1 aromatic heterocycles. The van der Waals surface area contributed by atoms with Gasteiger partial charge < -0.3 is 9.64 Å². The molecule has 1 heterocycles. The maximum absolute atomic E-state index is 13.8. The van der Waals surface area contributed by atoms with Gasteiger partial charge >= 0.3 is 12.4 Å². The first-order valence-electron chi connectivity index (χ1n) is 12.7. The zero-order valence-corrected chi connectivity index (χ0v) is 21.9. The molecule has 40 heavy (non-hydrogen) atoms. The number of ether oxygens (including phenoxy) is 1. The SMILES string of the molecule is [C-]#[N+]c1cc(CN(Cc2cc(C(F)(F)F)ccc2C(OC)C2CCCCC2)c2nnn(C)n2)cc(C(F)(F)F)c1. The van der Waals surface area contributed by atoms with E-state index in [1.54, 1.807) is 0 Å². The zero-order chi connectivity index (χ0) is 29.1. The Kier molecular flexibility index (Phi) is 8.68. The summed E-state index contributed by atoms with van der Waals surface area (Å²) in [5, 5.41) is 11.9. The smallest absolute Gasteiger partial charge is 0.376 e. The third kappa shape index (κ3) is 6.91.